The van der Waals surface area contributed by atoms with Crippen LogP contribution in [0.3, 0.4) is 0 Å². The standard InChI is InChI=1S/C24H30O8/c1-12-8-9-24(28)22(32-14(3)26)16-10-15(29-6)11-17(30-7)18(16)21(31-13(2)25)20(27)19(12)23(24,4)5/h10-11,21-22,28H,8-9H2,1-7H3/t21-,22+,24-/m1/s1. The molecule has 0 fully saturated rings. The van der Waals surface area contributed by atoms with Crippen molar-refractivity contribution in [1.82, 2.24) is 0 Å². The summed E-state index contributed by atoms with van der Waals surface area (Å²) in [6, 6.07) is 3.14. The van der Waals surface area contributed by atoms with Crippen LogP contribution < -0.4 is 9.47 Å². The topological polar surface area (TPSA) is 108 Å². The van der Waals surface area contributed by atoms with Crippen LogP contribution >= 0.6 is 0 Å². The van der Waals surface area contributed by atoms with Crippen LogP contribution in [0.2, 0.25) is 0 Å². The monoisotopic (exact) mass is 446 g/mol. The minimum atomic E-state index is -1.61. The fourth-order valence-electron chi connectivity index (χ4n) is 5.07. The summed E-state index contributed by atoms with van der Waals surface area (Å²) in [4.78, 5) is 38.1. The lowest BCUT2D eigenvalue weighted by atomic mass is 9.56. The highest BCUT2D eigenvalue weighted by Gasteiger charge is 2.60. The van der Waals surface area contributed by atoms with Gasteiger partial charge in [-0.05, 0) is 25.8 Å². The van der Waals surface area contributed by atoms with Gasteiger partial charge in [0.05, 0.1) is 14.2 Å². The highest BCUT2D eigenvalue weighted by Crippen LogP contribution is 2.58. The van der Waals surface area contributed by atoms with Gasteiger partial charge >= 0.3 is 11.9 Å². The van der Waals surface area contributed by atoms with Crippen LogP contribution in [-0.4, -0.2) is 42.6 Å². The number of Topliss-reactive ketones (excluding diaryl/α,β-unsaturated/α-hetero) is 1. The molecule has 3 rings (SSSR count). The van der Waals surface area contributed by atoms with Crippen molar-refractivity contribution in [3.05, 3.63) is 34.4 Å². The van der Waals surface area contributed by atoms with Gasteiger partial charge in [-0.15, -0.1) is 0 Å². The van der Waals surface area contributed by atoms with Crippen LogP contribution in [0.4, 0.5) is 0 Å². The van der Waals surface area contributed by atoms with Gasteiger partial charge in [-0.3, -0.25) is 14.4 Å². The first kappa shape index (κ1) is 23.8. The van der Waals surface area contributed by atoms with Gasteiger partial charge in [0.15, 0.2) is 12.2 Å². The maximum absolute atomic E-state index is 13.9. The maximum Gasteiger partial charge on any atom is 0.303 e. The van der Waals surface area contributed by atoms with E-state index in [1.165, 1.54) is 28.1 Å². The number of esters is 2. The summed E-state index contributed by atoms with van der Waals surface area (Å²) in [5, 5.41) is 12.1. The second-order valence-electron chi connectivity index (χ2n) is 8.88. The molecule has 0 amide bonds. The maximum atomic E-state index is 13.9. The number of benzene rings is 1. The van der Waals surface area contributed by atoms with Gasteiger partial charge in [0.2, 0.25) is 5.78 Å². The fourth-order valence-corrected chi connectivity index (χ4v) is 5.07. The molecule has 1 aromatic carbocycles. The third-order valence-corrected chi connectivity index (χ3v) is 6.65. The molecule has 2 bridgehead atoms. The number of methoxy groups -OCH3 is 2. The Labute approximate surface area is 187 Å². The Bertz CT molecular complexity index is 1010. The predicted molar refractivity (Wildman–Crippen MR) is 114 cm³/mol. The summed E-state index contributed by atoms with van der Waals surface area (Å²) >= 11 is 0. The first-order chi connectivity index (χ1) is 14.9. The molecule has 2 aliphatic rings. The molecular weight excluding hydrogens is 416 g/mol. The molecule has 8 nitrogen and oxygen atoms in total. The van der Waals surface area contributed by atoms with Crippen LogP contribution in [-0.2, 0) is 23.9 Å². The Morgan fingerprint density at radius 1 is 1.06 bits per heavy atom. The van der Waals surface area contributed by atoms with Crippen LogP contribution in [0.15, 0.2) is 23.3 Å². The quantitative estimate of drug-likeness (QED) is 0.702. The summed E-state index contributed by atoms with van der Waals surface area (Å²) in [5.74, 6) is -1.10. The van der Waals surface area contributed by atoms with Crippen LogP contribution in [0.1, 0.15) is 70.8 Å². The van der Waals surface area contributed by atoms with Gasteiger partial charge in [0.25, 0.3) is 0 Å². The highest BCUT2D eigenvalue weighted by atomic mass is 16.6. The zero-order chi connectivity index (χ0) is 24.0. The number of carbonyl (C=O) groups is 3. The normalized spacial score (nSPS) is 26.4. The Kier molecular flexibility index (Phi) is 6.12. The molecule has 0 heterocycles. The minimum Gasteiger partial charge on any atom is -0.497 e. The van der Waals surface area contributed by atoms with E-state index in [0.717, 1.165) is 5.57 Å². The number of hydrogen-bond donors (Lipinski definition) is 1. The first-order valence-corrected chi connectivity index (χ1v) is 10.5. The average Bonchev–Trinajstić information content (AvgIpc) is 2.71. The molecule has 0 spiro atoms. The molecule has 1 aromatic rings. The summed E-state index contributed by atoms with van der Waals surface area (Å²) in [5.41, 5.74) is -1.06. The van der Waals surface area contributed by atoms with Crippen molar-refractivity contribution in [3.8, 4) is 11.5 Å². The molecule has 0 saturated carbocycles. The third kappa shape index (κ3) is 3.56. The number of ether oxygens (including phenoxy) is 4. The fraction of sp³-hybridized carbons (Fsp3) is 0.542. The van der Waals surface area contributed by atoms with Gasteiger partial charge in [-0.2, -0.15) is 0 Å². The van der Waals surface area contributed by atoms with Crippen LogP contribution in [0.5, 0.6) is 11.5 Å². The van der Waals surface area contributed by atoms with Crippen molar-refractivity contribution in [2.24, 2.45) is 5.41 Å². The molecule has 1 N–H and O–H groups in total. The summed E-state index contributed by atoms with van der Waals surface area (Å²) in [6.07, 6.45) is -1.82. The summed E-state index contributed by atoms with van der Waals surface area (Å²) in [7, 11) is 2.87. The Hall–Kier alpha value is -2.87. The van der Waals surface area contributed by atoms with E-state index in [9.17, 15) is 19.5 Å². The Balaban J connectivity index is 2.50. The highest BCUT2D eigenvalue weighted by molar-refractivity contribution is 6.03. The Morgan fingerprint density at radius 2 is 1.69 bits per heavy atom. The molecule has 0 saturated heterocycles. The lowest BCUT2D eigenvalue weighted by Gasteiger charge is -2.53. The lowest BCUT2D eigenvalue weighted by molar-refractivity contribution is -0.188. The number of carbonyl (C=O) groups excluding carboxylic acids is 3. The third-order valence-electron chi connectivity index (χ3n) is 6.65. The number of ketones is 1. The van der Waals surface area contributed by atoms with E-state index in [0.29, 0.717) is 23.3 Å². The SMILES string of the molecule is COc1cc(OC)c2c(c1)[C@H](OC(C)=O)[C@]1(O)CCC(C)=C(C(=O)[C@@H]2OC(C)=O)C1(C)C. The second kappa shape index (κ2) is 8.24. The van der Waals surface area contributed by atoms with E-state index in [2.05, 4.69) is 0 Å². The zero-order valence-corrected chi connectivity index (χ0v) is 19.5. The molecule has 0 aliphatic heterocycles. The molecule has 2 aliphatic carbocycles. The summed E-state index contributed by atoms with van der Waals surface area (Å²) in [6.45, 7) is 7.79. The summed E-state index contributed by atoms with van der Waals surface area (Å²) < 4.78 is 22.2. The lowest BCUT2D eigenvalue weighted by Crippen LogP contribution is -2.56. The predicted octanol–water partition coefficient (Wildman–Crippen LogP) is 3.36. The first-order valence-electron chi connectivity index (χ1n) is 10.5. The molecular formula is C24H30O8. The smallest absolute Gasteiger partial charge is 0.303 e. The molecule has 32 heavy (non-hydrogen) atoms. The van der Waals surface area contributed by atoms with Gasteiger partial charge in [0, 0.05) is 42.0 Å². The van der Waals surface area contributed by atoms with Crippen molar-refractivity contribution in [1.29, 1.82) is 0 Å². The molecule has 174 valence electrons. The second-order valence-corrected chi connectivity index (χ2v) is 8.88. The van der Waals surface area contributed by atoms with Gasteiger partial charge < -0.3 is 24.1 Å². The van der Waals surface area contributed by atoms with Crippen molar-refractivity contribution in [3.63, 3.8) is 0 Å². The number of fused-ring (bicyclic) bond motifs is 3. The largest absolute Gasteiger partial charge is 0.497 e. The van der Waals surface area contributed by atoms with Crippen molar-refractivity contribution < 1.29 is 38.4 Å². The molecule has 3 atom stereocenters. The molecule has 0 aromatic heterocycles. The molecule has 0 radical (unpaired) electrons. The number of rotatable bonds is 4. The van der Waals surface area contributed by atoms with E-state index < -0.39 is 40.9 Å². The van der Waals surface area contributed by atoms with E-state index >= 15 is 0 Å². The van der Waals surface area contributed by atoms with Crippen molar-refractivity contribution in [2.75, 3.05) is 14.2 Å². The van der Waals surface area contributed by atoms with Crippen LogP contribution in [0, 0.1) is 5.41 Å². The van der Waals surface area contributed by atoms with Crippen molar-refractivity contribution >= 4 is 17.7 Å². The molecule has 0 unspecified atom stereocenters. The molecule has 8 heteroatoms. The Morgan fingerprint density at radius 3 is 2.22 bits per heavy atom. The number of hydrogen-bond acceptors (Lipinski definition) is 8. The van der Waals surface area contributed by atoms with E-state index in [4.69, 9.17) is 18.9 Å². The van der Waals surface area contributed by atoms with E-state index in [-0.39, 0.29) is 17.7 Å². The number of aliphatic hydroxyl groups is 1. The van der Waals surface area contributed by atoms with Gasteiger partial charge in [-0.1, -0.05) is 19.4 Å². The van der Waals surface area contributed by atoms with Crippen molar-refractivity contribution in [2.45, 2.75) is 65.3 Å². The zero-order valence-electron chi connectivity index (χ0n) is 19.5. The van der Waals surface area contributed by atoms with Crippen LogP contribution in [0.25, 0.3) is 0 Å². The minimum absolute atomic E-state index is 0.218. The van der Waals surface area contributed by atoms with E-state index in [1.54, 1.807) is 26.0 Å². The van der Waals surface area contributed by atoms with Gasteiger partial charge in [-0.25, -0.2) is 0 Å². The number of allylic oxidation sites excluding steroid dienone is 1. The van der Waals surface area contributed by atoms with E-state index in [1.807, 2.05) is 6.92 Å². The average molecular weight is 446 g/mol. The van der Waals surface area contributed by atoms with Gasteiger partial charge in [0.1, 0.15) is 17.1 Å².